The third-order valence-electron chi connectivity index (χ3n) is 5.44. The molecule has 0 unspecified atom stereocenters. The Morgan fingerprint density at radius 2 is 1.79 bits per heavy atom. The Morgan fingerprint density at radius 1 is 0.970 bits per heavy atom. The molecule has 1 amide bonds. The highest BCUT2D eigenvalue weighted by Gasteiger charge is 2.19. The highest BCUT2D eigenvalue weighted by Crippen LogP contribution is 2.33. The molecule has 0 aliphatic rings. The molecule has 0 aliphatic heterocycles. The molecule has 5 aromatic rings. The van der Waals surface area contributed by atoms with E-state index in [1.54, 1.807) is 24.5 Å². The summed E-state index contributed by atoms with van der Waals surface area (Å²) in [6.07, 6.45) is 6.06. The normalized spacial score (nSPS) is 11.1. The molecule has 0 aliphatic carbocycles. The largest absolute Gasteiger partial charge is 0.361 e. The van der Waals surface area contributed by atoms with Gasteiger partial charge in [-0.25, -0.2) is 4.98 Å². The van der Waals surface area contributed by atoms with E-state index >= 15 is 0 Å². The molecule has 0 radical (unpaired) electrons. The fourth-order valence-corrected chi connectivity index (χ4v) is 4.09. The number of fused-ring (bicyclic) bond motifs is 1. The molecule has 164 valence electrons. The van der Waals surface area contributed by atoms with Crippen LogP contribution in [0.4, 0.5) is 0 Å². The van der Waals surface area contributed by atoms with Gasteiger partial charge in [0, 0.05) is 47.2 Å². The molecule has 8 heteroatoms. The van der Waals surface area contributed by atoms with Crippen LogP contribution in [0.3, 0.4) is 0 Å². The van der Waals surface area contributed by atoms with E-state index in [1.165, 1.54) is 0 Å². The molecule has 6 nitrogen and oxygen atoms in total. The van der Waals surface area contributed by atoms with E-state index < -0.39 is 0 Å². The van der Waals surface area contributed by atoms with Crippen molar-refractivity contribution < 1.29 is 4.79 Å². The maximum absolute atomic E-state index is 12.9. The molecule has 0 bridgehead atoms. The highest BCUT2D eigenvalue weighted by atomic mass is 35.5. The number of hydrogen-bond donors (Lipinski definition) is 3. The number of pyridine rings is 1. The number of carbonyl (C=O) groups is 1. The van der Waals surface area contributed by atoms with Crippen LogP contribution in [-0.4, -0.2) is 32.4 Å². The van der Waals surface area contributed by atoms with Crippen LogP contribution in [0.1, 0.15) is 16.2 Å². The number of H-pyrrole nitrogens is 2. The Morgan fingerprint density at radius 3 is 2.61 bits per heavy atom. The minimum atomic E-state index is -0.281. The Labute approximate surface area is 200 Å². The lowest BCUT2D eigenvalue weighted by Crippen LogP contribution is -2.26. The fourth-order valence-electron chi connectivity index (χ4n) is 3.79. The summed E-state index contributed by atoms with van der Waals surface area (Å²) in [6.45, 7) is 0.480. The summed E-state index contributed by atoms with van der Waals surface area (Å²) in [5, 5.41) is 4.99. The molecule has 3 heterocycles. The first-order chi connectivity index (χ1) is 16.1. The van der Waals surface area contributed by atoms with E-state index in [1.807, 2.05) is 42.6 Å². The zero-order valence-electron chi connectivity index (χ0n) is 17.4. The van der Waals surface area contributed by atoms with E-state index in [0.29, 0.717) is 34.4 Å². The van der Waals surface area contributed by atoms with Gasteiger partial charge in [0.05, 0.1) is 21.4 Å². The number of para-hydroxylation sites is 1. The van der Waals surface area contributed by atoms with Crippen LogP contribution in [0, 0.1) is 0 Å². The fraction of sp³-hybridized carbons (Fsp3) is 0.0800. The zero-order valence-corrected chi connectivity index (χ0v) is 18.9. The maximum atomic E-state index is 12.9. The Balaban J connectivity index is 1.40. The van der Waals surface area contributed by atoms with Crippen molar-refractivity contribution >= 4 is 40.0 Å². The van der Waals surface area contributed by atoms with E-state index in [-0.39, 0.29) is 11.7 Å². The summed E-state index contributed by atoms with van der Waals surface area (Å²) in [5.74, 6) is -0.0572. The van der Waals surface area contributed by atoms with Crippen molar-refractivity contribution in [3.8, 4) is 22.5 Å². The van der Waals surface area contributed by atoms with Crippen molar-refractivity contribution in [2.45, 2.75) is 6.42 Å². The number of hydrogen-bond acceptors (Lipinski definition) is 3. The molecule has 0 atom stereocenters. The minimum absolute atomic E-state index is 0.224. The van der Waals surface area contributed by atoms with Gasteiger partial charge in [-0.1, -0.05) is 47.5 Å². The molecule has 3 aromatic heterocycles. The number of aromatic nitrogens is 4. The molecule has 0 spiro atoms. The van der Waals surface area contributed by atoms with Crippen molar-refractivity contribution in [1.29, 1.82) is 0 Å². The van der Waals surface area contributed by atoms with E-state index in [4.69, 9.17) is 23.2 Å². The zero-order chi connectivity index (χ0) is 22.8. The predicted octanol–water partition coefficient (Wildman–Crippen LogP) is 5.90. The number of rotatable bonds is 6. The van der Waals surface area contributed by atoms with Crippen molar-refractivity contribution in [3.05, 3.63) is 94.6 Å². The van der Waals surface area contributed by atoms with Gasteiger partial charge in [-0.2, -0.15) is 0 Å². The number of amides is 1. The van der Waals surface area contributed by atoms with E-state index in [9.17, 15) is 4.79 Å². The molecule has 0 saturated heterocycles. The molecular formula is C25H19Cl2N5O. The maximum Gasteiger partial charge on any atom is 0.287 e. The van der Waals surface area contributed by atoms with Gasteiger partial charge in [0.25, 0.3) is 5.91 Å². The Hall–Kier alpha value is -3.61. The minimum Gasteiger partial charge on any atom is -0.361 e. The van der Waals surface area contributed by atoms with Crippen molar-refractivity contribution in [3.63, 3.8) is 0 Å². The first kappa shape index (κ1) is 21.2. The number of nitrogens with zero attached hydrogens (tertiary/aromatic N) is 2. The molecular weight excluding hydrogens is 457 g/mol. The lowest BCUT2D eigenvalue weighted by atomic mass is 10.1. The number of aromatic amines is 2. The summed E-state index contributed by atoms with van der Waals surface area (Å²) in [6, 6.07) is 17.1. The smallest absolute Gasteiger partial charge is 0.287 e. The van der Waals surface area contributed by atoms with Crippen LogP contribution < -0.4 is 5.32 Å². The monoisotopic (exact) mass is 475 g/mol. The molecule has 5 rings (SSSR count). The topological polar surface area (TPSA) is 86.5 Å². The first-order valence-corrected chi connectivity index (χ1v) is 11.1. The molecule has 2 aromatic carbocycles. The lowest BCUT2D eigenvalue weighted by molar-refractivity contribution is 0.0945. The second kappa shape index (κ2) is 9.10. The van der Waals surface area contributed by atoms with Crippen LogP contribution >= 0.6 is 23.2 Å². The molecule has 0 saturated carbocycles. The molecule has 33 heavy (non-hydrogen) atoms. The number of halogens is 2. The number of nitrogens with one attached hydrogen (secondary N) is 3. The van der Waals surface area contributed by atoms with Gasteiger partial charge in [0.1, 0.15) is 0 Å². The van der Waals surface area contributed by atoms with E-state index in [0.717, 1.165) is 27.6 Å². The number of imidazole rings is 1. The van der Waals surface area contributed by atoms with Crippen LogP contribution in [0.2, 0.25) is 10.0 Å². The van der Waals surface area contributed by atoms with Gasteiger partial charge >= 0.3 is 0 Å². The third-order valence-corrected chi connectivity index (χ3v) is 6.17. The predicted molar refractivity (Wildman–Crippen MR) is 132 cm³/mol. The van der Waals surface area contributed by atoms with Crippen LogP contribution in [-0.2, 0) is 6.42 Å². The number of benzene rings is 2. The third kappa shape index (κ3) is 4.35. The summed E-state index contributed by atoms with van der Waals surface area (Å²) in [5.41, 5.74) is 5.17. The molecule has 0 fully saturated rings. The van der Waals surface area contributed by atoms with Gasteiger partial charge in [-0.05, 0) is 42.3 Å². The summed E-state index contributed by atoms with van der Waals surface area (Å²) >= 11 is 12.3. The molecule has 3 N–H and O–H groups in total. The van der Waals surface area contributed by atoms with Gasteiger partial charge in [0.15, 0.2) is 5.82 Å². The van der Waals surface area contributed by atoms with Gasteiger partial charge < -0.3 is 15.3 Å². The van der Waals surface area contributed by atoms with Crippen LogP contribution in [0.25, 0.3) is 33.4 Å². The van der Waals surface area contributed by atoms with Gasteiger partial charge in [-0.15, -0.1) is 0 Å². The first-order valence-electron chi connectivity index (χ1n) is 10.4. The highest BCUT2D eigenvalue weighted by molar-refractivity contribution is 6.42. The second-order valence-electron chi connectivity index (χ2n) is 7.54. The standard InChI is InChI=1S/C25H19Cl2N5O/c26-19-6-5-16(13-20(19)27)23-22(15-7-10-28-11-8-15)31-24(32-23)25(33)29-12-9-17-14-30-21-4-2-1-3-18(17)21/h1-8,10-11,13-14,30H,9,12H2,(H,29,33)(H,31,32). The van der Waals surface area contributed by atoms with E-state index in [2.05, 4.69) is 31.3 Å². The summed E-state index contributed by atoms with van der Waals surface area (Å²) in [7, 11) is 0. The van der Waals surface area contributed by atoms with Crippen LogP contribution in [0.15, 0.2) is 73.2 Å². The van der Waals surface area contributed by atoms with Crippen molar-refractivity contribution in [2.24, 2.45) is 0 Å². The number of carbonyl (C=O) groups excluding carboxylic acids is 1. The average molecular weight is 476 g/mol. The van der Waals surface area contributed by atoms with Crippen molar-refractivity contribution in [2.75, 3.05) is 6.54 Å². The van der Waals surface area contributed by atoms with Gasteiger partial charge in [-0.3, -0.25) is 9.78 Å². The van der Waals surface area contributed by atoms with Crippen LogP contribution in [0.5, 0.6) is 0 Å². The average Bonchev–Trinajstić information content (AvgIpc) is 3.47. The second-order valence-corrected chi connectivity index (χ2v) is 8.35. The Bertz CT molecular complexity index is 1440. The quantitative estimate of drug-likeness (QED) is 0.285. The lowest BCUT2D eigenvalue weighted by Gasteiger charge is -2.04. The van der Waals surface area contributed by atoms with Crippen molar-refractivity contribution in [1.82, 2.24) is 25.3 Å². The van der Waals surface area contributed by atoms with Gasteiger partial charge in [0.2, 0.25) is 0 Å². The summed E-state index contributed by atoms with van der Waals surface area (Å²) in [4.78, 5) is 28.0. The summed E-state index contributed by atoms with van der Waals surface area (Å²) < 4.78 is 0. The Kier molecular flexibility index (Phi) is 5.86. The SMILES string of the molecule is O=C(NCCc1c[nH]c2ccccc12)c1nc(-c2ccc(Cl)c(Cl)c2)c(-c2ccncc2)[nH]1.